The third-order valence-electron chi connectivity index (χ3n) is 14.6. The van der Waals surface area contributed by atoms with Gasteiger partial charge < -0.3 is 15.9 Å². The molecule has 57 heavy (non-hydrogen) atoms. The summed E-state index contributed by atoms with van der Waals surface area (Å²) in [7, 11) is 0. The SMILES string of the molecule is CCCCCc1cc(C2Cc3cccc(c3)C3(CCC4C=c5ccccc5=CC4C3)C(C(=O)O)CC=CCC2CCCCCCC2C=C(CCN)CC2)ccc1O. The van der Waals surface area contributed by atoms with E-state index in [-0.39, 0.29) is 0 Å². The number of allylic oxidation sites excluding steroid dienone is 3. The van der Waals surface area contributed by atoms with E-state index in [1.54, 1.807) is 5.57 Å². The van der Waals surface area contributed by atoms with Crippen molar-refractivity contribution in [1.29, 1.82) is 0 Å². The Morgan fingerprint density at radius 2 is 1.60 bits per heavy atom. The Labute approximate surface area is 343 Å². The number of fused-ring (bicyclic) bond motifs is 5. The first kappa shape index (κ1) is 41.3. The lowest BCUT2D eigenvalue weighted by molar-refractivity contribution is -0.145. The van der Waals surface area contributed by atoms with Gasteiger partial charge in [-0.3, -0.25) is 4.79 Å². The monoisotopic (exact) mass is 768 g/mol. The molecule has 2 bridgehead atoms. The summed E-state index contributed by atoms with van der Waals surface area (Å²) >= 11 is 0. The molecule has 0 radical (unpaired) electrons. The highest BCUT2D eigenvalue weighted by Crippen LogP contribution is 2.52. The van der Waals surface area contributed by atoms with Gasteiger partial charge in [0.05, 0.1) is 5.92 Å². The summed E-state index contributed by atoms with van der Waals surface area (Å²) in [6.45, 7) is 3.00. The highest BCUT2D eigenvalue weighted by Gasteiger charge is 2.49. The fourth-order valence-corrected chi connectivity index (χ4v) is 11.4. The number of carboxylic acids is 1. The molecule has 1 spiro atoms. The largest absolute Gasteiger partial charge is 0.508 e. The topological polar surface area (TPSA) is 83.5 Å². The van der Waals surface area contributed by atoms with Crippen molar-refractivity contribution in [2.75, 3.05) is 6.54 Å². The van der Waals surface area contributed by atoms with Crippen LogP contribution < -0.4 is 16.2 Å². The van der Waals surface area contributed by atoms with E-state index in [2.05, 4.69) is 98.0 Å². The van der Waals surface area contributed by atoms with Crippen molar-refractivity contribution in [3.05, 3.63) is 123 Å². The smallest absolute Gasteiger partial charge is 0.307 e. The average Bonchev–Trinajstić information content (AvgIpc) is 3.67. The lowest BCUT2D eigenvalue weighted by atomic mass is 9.55. The fourth-order valence-electron chi connectivity index (χ4n) is 11.4. The predicted molar refractivity (Wildman–Crippen MR) is 237 cm³/mol. The van der Waals surface area contributed by atoms with E-state index in [4.69, 9.17) is 5.73 Å². The van der Waals surface area contributed by atoms with E-state index in [1.165, 1.54) is 78.5 Å². The third-order valence-corrected chi connectivity index (χ3v) is 14.6. The molecule has 1 saturated carbocycles. The number of aromatic hydroxyl groups is 1. The molecule has 4 N–H and O–H groups in total. The molecule has 0 amide bonds. The first-order valence-corrected chi connectivity index (χ1v) is 22.8. The van der Waals surface area contributed by atoms with E-state index < -0.39 is 17.3 Å². The second kappa shape index (κ2) is 19.7. The van der Waals surface area contributed by atoms with Crippen molar-refractivity contribution in [3.8, 4) is 5.75 Å². The maximum atomic E-state index is 13.4. The zero-order valence-electron chi connectivity index (χ0n) is 34.7. The highest BCUT2D eigenvalue weighted by atomic mass is 16.4. The number of aliphatic carboxylic acids is 1. The van der Waals surface area contributed by atoms with Crippen molar-refractivity contribution in [1.82, 2.24) is 0 Å². The van der Waals surface area contributed by atoms with E-state index in [9.17, 15) is 15.0 Å². The molecule has 1 fully saturated rings. The van der Waals surface area contributed by atoms with Gasteiger partial charge >= 0.3 is 5.97 Å². The number of rotatable bonds is 15. The number of unbranched alkanes of at least 4 members (excludes halogenated alkanes) is 5. The number of carboxylic acid groups (broad SMARTS) is 1. The minimum absolute atomic E-state index is 0.305. The predicted octanol–water partition coefficient (Wildman–Crippen LogP) is 11.1. The molecule has 4 nitrogen and oxygen atoms in total. The quantitative estimate of drug-likeness (QED) is 0.106. The van der Waals surface area contributed by atoms with Gasteiger partial charge in [-0.05, 0) is 158 Å². The summed E-state index contributed by atoms with van der Waals surface area (Å²) in [4.78, 5) is 13.4. The molecular weight excluding hydrogens is 699 g/mol. The van der Waals surface area contributed by atoms with Crippen molar-refractivity contribution < 1.29 is 15.0 Å². The highest BCUT2D eigenvalue weighted by molar-refractivity contribution is 5.73. The van der Waals surface area contributed by atoms with Gasteiger partial charge in [0, 0.05) is 5.41 Å². The summed E-state index contributed by atoms with van der Waals surface area (Å²) in [5, 5.41) is 24.6. The second-order valence-corrected chi connectivity index (χ2v) is 18.3. The average molecular weight is 768 g/mol. The number of benzene rings is 3. The number of phenolic OH excluding ortho intramolecular Hbond substituents is 1. The Morgan fingerprint density at radius 1 is 0.807 bits per heavy atom. The number of phenols is 1. The van der Waals surface area contributed by atoms with Crippen LogP contribution in [-0.2, 0) is 23.1 Å². The zero-order chi connectivity index (χ0) is 39.6. The lowest BCUT2D eigenvalue weighted by Crippen LogP contribution is -2.47. The minimum atomic E-state index is -0.668. The van der Waals surface area contributed by atoms with Crippen LogP contribution in [0.15, 0.2) is 90.5 Å². The van der Waals surface area contributed by atoms with Crippen LogP contribution in [0.5, 0.6) is 5.75 Å². The zero-order valence-corrected chi connectivity index (χ0v) is 34.7. The van der Waals surface area contributed by atoms with Gasteiger partial charge in [-0.25, -0.2) is 0 Å². The third kappa shape index (κ3) is 10.0. The molecule has 4 aliphatic rings. The van der Waals surface area contributed by atoms with Crippen LogP contribution in [0, 0.1) is 29.6 Å². The van der Waals surface area contributed by atoms with Crippen molar-refractivity contribution in [3.63, 3.8) is 0 Å². The van der Waals surface area contributed by atoms with Gasteiger partial charge in [0.1, 0.15) is 5.75 Å². The number of nitrogens with two attached hydrogens (primary N) is 1. The van der Waals surface area contributed by atoms with Gasteiger partial charge in [-0.1, -0.05) is 142 Å². The normalized spacial score (nSPS) is 26.9. The van der Waals surface area contributed by atoms with E-state index >= 15 is 0 Å². The number of hydrogen-bond donors (Lipinski definition) is 3. The first-order chi connectivity index (χ1) is 27.9. The van der Waals surface area contributed by atoms with E-state index in [0.717, 1.165) is 82.2 Å². The van der Waals surface area contributed by atoms with Crippen LogP contribution in [0.3, 0.4) is 0 Å². The van der Waals surface area contributed by atoms with E-state index in [0.29, 0.717) is 35.8 Å². The molecule has 7 unspecified atom stereocenters. The van der Waals surface area contributed by atoms with Crippen LogP contribution in [0.1, 0.15) is 144 Å². The Morgan fingerprint density at radius 3 is 2.39 bits per heavy atom. The molecule has 3 aromatic carbocycles. The van der Waals surface area contributed by atoms with Crippen LogP contribution in [0.2, 0.25) is 0 Å². The summed E-state index contributed by atoms with van der Waals surface area (Å²) in [5.41, 5.74) is 11.9. The van der Waals surface area contributed by atoms with Crippen molar-refractivity contribution in [2.45, 2.75) is 140 Å². The summed E-state index contributed by atoms with van der Waals surface area (Å²) < 4.78 is 0. The standard InChI is InChI=1S/C53H69NO3/c1-2-3-6-20-46-36-45(25-26-51(46)55)49-33-40-15-13-21-48(32-40)53(29-27-44-34-42-18-9-10-19-43(42)35-47(44)37-53)50(52(56)57)22-12-11-17-41(49)16-8-5-4-7-14-38-23-24-39(31-38)28-30-54/h9-13,15,18-19,21,25-26,31-32,34-36,38,41,44,47,49-50,55H,2-8,14,16-17,20,22-24,27-30,33,37,54H2,1H3,(H,56,57). The molecule has 3 aromatic rings. The van der Waals surface area contributed by atoms with Crippen LogP contribution in [0.4, 0.5) is 0 Å². The van der Waals surface area contributed by atoms with Crippen LogP contribution in [-0.4, -0.2) is 22.7 Å². The molecule has 0 heterocycles. The molecule has 7 rings (SSSR count). The van der Waals surface area contributed by atoms with Gasteiger partial charge in [0.25, 0.3) is 0 Å². The van der Waals surface area contributed by atoms with E-state index in [1.807, 2.05) is 6.07 Å². The van der Waals surface area contributed by atoms with Gasteiger partial charge in [-0.15, -0.1) is 0 Å². The molecule has 0 aromatic heterocycles. The Hall–Kier alpha value is -3.89. The lowest BCUT2D eigenvalue weighted by Gasteiger charge is -2.48. The first-order valence-electron chi connectivity index (χ1n) is 22.8. The molecular formula is C53H69NO3. The summed E-state index contributed by atoms with van der Waals surface area (Å²) in [5.74, 6) is 1.51. The molecule has 0 aliphatic heterocycles. The Bertz CT molecular complexity index is 1990. The van der Waals surface area contributed by atoms with Gasteiger partial charge in [-0.2, -0.15) is 0 Å². The van der Waals surface area contributed by atoms with Crippen molar-refractivity contribution in [2.24, 2.45) is 35.3 Å². The molecule has 304 valence electrons. The number of carbonyl (C=O) groups is 1. The van der Waals surface area contributed by atoms with Crippen molar-refractivity contribution >= 4 is 18.1 Å². The maximum Gasteiger partial charge on any atom is 0.307 e. The molecule has 4 aliphatic carbocycles. The minimum Gasteiger partial charge on any atom is -0.508 e. The van der Waals surface area contributed by atoms with Crippen LogP contribution >= 0.6 is 0 Å². The fraction of sp³-hybridized carbons (Fsp3) is 0.528. The summed E-state index contributed by atoms with van der Waals surface area (Å²) in [6.07, 6.45) is 32.5. The number of hydrogen-bond acceptors (Lipinski definition) is 3. The molecule has 7 atom stereocenters. The molecule has 4 heteroatoms. The second-order valence-electron chi connectivity index (χ2n) is 18.3. The van der Waals surface area contributed by atoms with Crippen LogP contribution in [0.25, 0.3) is 12.2 Å². The van der Waals surface area contributed by atoms with Gasteiger partial charge in [0.2, 0.25) is 0 Å². The summed E-state index contributed by atoms with van der Waals surface area (Å²) in [6, 6.07) is 24.3. The number of aryl methyl sites for hydroxylation is 1. The molecule has 0 saturated heterocycles. The maximum absolute atomic E-state index is 13.4. The Kier molecular flexibility index (Phi) is 14.3. The Balaban J connectivity index is 1.16. The van der Waals surface area contributed by atoms with Gasteiger partial charge in [0.15, 0.2) is 0 Å².